The van der Waals surface area contributed by atoms with Gasteiger partial charge in [-0.2, -0.15) is 0 Å². The van der Waals surface area contributed by atoms with Crippen molar-refractivity contribution in [1.82, 2.24) is 19.7 Å². The van der Waals surface area contributed by atoms with Crippen molar-refractivity contribution in [2.45, 2.75) is 19.4 Å². The molecule has 0 spiro atoms. The molecule has 0 aliphatic carbocycles. The molecule has 2 aromatic heterocycles. The Bertz CT molecular complexity index is 877. The van der Waals surface area contributed by atoms with Gasteiger partial charge in [-0.15, -0.1) is 10.2 Å². The lowest BCUT2D eigenvalue weighted by atomic mass is 9.97. The van der Waals surface area contributed by atoms with E-state index in [1.807, 2.05) is 59.2 Å². The Labute approximate surface area is 163 Å². The highest BCUT2D eigenvalue weighted by Gasteiger charge is 2.29. The first-order valence-electron chi connectivity index (χ1n) is 9.21. The zero-order valence-electron chi connectivity index (χ0n) is 15.4. The Morgan fingerprint density at radius 1 is 1.15 bits per heavy atom. The summed E-state index contributed by atoms with van der Waals surface area (Å²) in [5.41, 5.74) is 1.15. The third-order valence-corrected chi connectivity index (χ3v) is 5.91. The van der Waals surface area contributed by atoms with Gasteiger partial charge in [0, 0.05) is 39.1 Å². The first-order valence-corrected chi connectivity index (χ1v) is 10.0. The maximum absolute atomic E-state index is 12.9. The molecule has 0 saturated carbocycles. The number of nitrogens with zero attached hydrogens (tertiary/aromatic N) is 5. The number of hydrogen-bond acceptors (Lipinski definition) is 5. The standard InChI is InChI=1S/C20H23N5OS/c1-23(14-16-8-3-2-4-9-16)18(26)17-10-7-13-25(15-17)20-22-21-19(27-20)24-11-5-6-12-24/h2-6,8-9,11-12,17H,7,10,13-15H2,1H3. The molecule has 140 valence electrons. The van der Waals surface area contributed by atoms with Crippen molar-refractivity contribution >= 4 is 22.4 Å². The zero-order valence-corrected chi connectivity index (χ0v) is 16.2. The molecular formula is C20H23N5OS. The predicted molar refractivity (Wildman–Crippen MR) is 107 cm³/mol. The Balaban J connectivity index is 1.41. The van der Waals surface area contributed by atoms with Crippen LogP contribution in [0.3, 0.4) is 0 Å². The minimum atomic E-state index is 0.00592. The lowest BCUT2D eigenvalue weighted by Crippen LogP contribution is -2.43. The number of benzene rings is 1. The van der Waals surface area contributed by atoms with Crippen molar-refractivity contribution in [3.8, 4) is 5.13 Å². The van der Waals surface area contributed by atoms with Crippen molar-refractivity contribution in [2.75, 3.05) is 25.0 Å². The van der Waals surface area contributed by atoms with Gasteiger partial charge in [0.1, 0.15) is 0 Å². The first kappa shape index (κ1) is 17.7. The van der Waals surface area contributed by atoms with Crippen molar-refractivity contribution in [3.05, 3.63) is 60.4 Å². The molecule has 0 bridgehead atoms. The zero-order chi connectivity index (χ0) is 18.6. The summed E-state index contributed by atoms with van der Waals surface area (Å²) >= 11 is 1.56. The molecule has 6 nitrogen and oxygen atoms in total. The fourth-order valence-electron chi connectivity index (χ4n) is 3.50. The summed E-state index contributed by atoms with van der Waals surface area (Å²) in [5.74, 6) is 0.213. The van der Waals surface area contributed by atoms with Gasteiger partial charge in [0.25, 0.3) is 0 Å². The molecule has 1 saturated heterocycles. The van der Waals surface area contributed by atoms with E-state index < -0.39 is 0 Å². The van der Waals surface area contributed by atoms with Crippen molar-refractivity contribution < 1.29 is 4.79 Å². The van der Waals surface area contributed by atoms with E-state index in [1.54, 1.807) is 11.3 Å². The van der Waals surface area contributed by atoms with Gasteiger partial charge in [0.2, 0.25) is 16.2 Å². The maximum Gasteiger partial charge on any atom is 0.227 e. The highest BCUT2D eigenvalue weighted by molar-refractivity contribution is 7.17. The number of carbonyl (C=O) groups excluding carboxylic acids is 1. The van der Waals surface area contributed by atoms with Crippen LogP contribution >= 0.6 is 11.3 Å². The third kappa shape index (κ3) is 4.03. The molecule has 1 amide bonds. The van der Waals surface area contributed by atoms with Gasteiger partial charge in [-0.3, -0.25) is 9.36 Å². The summed E-state index contributed by atoms with van der Waals surface area (Å²) < 4.78 is 1.96. The van der Waals surface area contributed by atoms with Crippen LogP contribution in [0.5, 0.6) is 0 Å². The molecule has 1 aromatic carbocycles. The lowest BCUT2D eigenvalue weighted by molar-refractivity contribution is -0.135. The van der Waals surface area contributed by atoms with Gasteiger partial charge in [-0.25, -0.2) is 0 Å². The molecule has 1 fully saturated rings. The third-order valence-electron chi connectivity index (χ3n) is 4.91. The summed E-state index contributed by atoms with van der Waals surface area (Å²) in [7, 11) is 1.89. The van der Waals surface area contributed by atoms with E-state index in [-0.39, 0.29) is 11.8 Å². The second-order valence-electron chi connectivity index (χ2n) is 6.92. The Hall–Kier alpha value is -2.67. The van der Waals surface area contributed by atoms with E-state index in [4.69, 9.17) is 0 Å². The highest BCUT2D eigenvalue weighted by Crippen LogP contribution is 2.28. The highest BCUT2D eigenvalue weighted by atomic mass is 32.1. The number of piperidine rings is 1. The minimum Gasteiger partial charge on any atom is -0.346 e. The maximum atomic E-state index is 12.9. The molecule has 1 aliphatic rings. The van der Waals surface area contributed by atoms with E-state index in [0.29, 0.717) is 13.1 Å². The minimum absolute atomic E-state index is 0.00592. The molecule has 1 unspecified atom stereocenters. The second-order valence-corrected chi connectivity index (χ2v) is 7.86. The van der Waals surface area contributed by atoms with E-state index >= 15 is 0 Å². The van der Waals surface area contributed by atoms with E-state index in [1.165, 1.54) is 0 Å². The average molecular weight is 382 g/mol. The van der Waals surface area contributed by atoms with Crippen LogP contribution < -0.4 is 4.90 Å². The van der Waals surface area contributed by atoms with Gasteiger partial charge in [0.15, 0.2) is 0 Å². The van der Waals surface area contributed by atoms with Crippen LogP contribution in [-0.2, 0) is 11.3 Å². The van der Waals surface area contributed by atoms with E-state index in [0.717, 1.165) is 35.2 Å². The molecule has 4 rings (SSSR count). The second kappa shape index (κ2) is 7.92. The van der Waals surface area contributed by atoms with Gasteiger partial charge in [0.05, 0.1) is 5.92 Å². The number of aromatic nitrogens is 3. The van der Waals surface area contributed by atoms with Crippen LogP contribution in [0.2, 0.25) is 0 Å². The van der Waals surface area contributed by atoms with Gasteiger partial charge < -0.3 is 9.80 Å². The monoisotopic (exact) mass is 381 g/mol. The molecule has 1 atom stereocenters. The van der Waals surface area contributed by atoms with Crippen LogP contribution in [0.4, 0.5) is 5.13 Å². The summed E-state index contributed by atoms with van der Waals surface area (Å²) in [6, 6.07) is 14.1. The summed E-state index contributed by atoms with van der Waals surface area (Å²) in [6.07, 6.45) is 5.85. The van der Waals surface area contributed by atoms with Crippen molar-refractivity contribution in [2.24, 2.45) is 5.92 Å². The molecule has 1 aliphatic heterocycles. The smallest absolute Gasteiger partial charge is 0.227 e. The first-order chi connectivity index (χ1) is 13.2. The molecular weight excluding hydrogens is 358 g/mol. The SMILES string of the molecule is CN(Cc1ccccc1)C(=O)C1CCCN(c2nnc(-n3cccc3)s2)C1. The van der Waals surface area contributed by atoms with Gasteiger partial charge in [-0.1, -0.05) is 41.7 Å². The number of hydrogen-bond donors (Lipinski definition) is 0. The Morgan fingerprint density at radius 2 is 1.89 bits per heavy atom. The van der Waals surface area contributed by atoms with E-state index in [2.05, 4.69) is 27.2 Å². The molecule has 7 heteroatoms. The summed E-state index contributed by atoms with van der Waals surface area (Å²) in [6.45, 7) is 2.28. The summed E-state index contributed by atoms with van der Waals surface area (Å²) in [5, 5.41) is 10.4. The van der Waals surface area contributed by atoms with Crippen LogP contribution in [0.1, 0.15) is 18.4 Å². The normalized spacial score (nSPS) is 17.1. The Kier molecular flexibility index (Phi) is 5.20. The largest absolute Gasteiger partial charge is 0.346 e. The molecule has 3 aromatic rings. The van der Waals surface area contributed by atoms with Gasteiger partial charge in [-0.05, 0) is 30.5 Å². The van der Waals surface area contributed by atoms with Gasteiger partial charge >= 0.3 is 0 Å². The molecule has 0 radical (unpaired) electrons. The number of amides is 1. The number of anilines is 1. The number of carbonyl (C=O) groups is 1. The van der Waals surface area contributed by atoms with Crippen LogP contribution in [-0.4, -0.2) is 45.7 Å². The molecule has 27 heavy (non-hydrogen) atoms. The summed E-state index contributed by atoms with van der Waals surface area (Å²) in [4.78, 5) is 17.0. The molecule has 3 heterocycles. The Morgan fingerprint density at radius 3 is 2.67 bits per heavy atom. The number of rotatable bonds is 5. The predicted octanol–water partition coefficient (Wildman–Crippen LogP) is 3.20. The van der Waals surface area contributed by atoms with Crippen molar-refractivity contribution in [1.29, 1.82) is 0 Å². The lowest BCUT2D eigenvalue weighted by Gasteiger charge is -2.33. The van der Waals surface area contributed by atoms with Crippen LogP contribution in [0, 0.1) is 5.92 Å². The van der Waals surface area contributed by atoms with Crippen molar-refractivity contribution in [3.63, 3.8) is 0 Å². The van der Waals surface area contributed by atoms with Crippen LogP contribution in [0.15, 0.2) is 54.9 Å². The quantitative estimate of drug-likeness (QED) is 0.681. The molecule has 0 N–H and O–H groups in total. The van der Waals surface area contributed by atoms with E-state index in [9.17, 15) is 4.79 Å². The fourth-order valence-corrected chi connectivity index (χ4v) is 4.35. The average Bonchev–Trinajstić information content (AvgIpc) is 3.40. The van der Waals surface area contributed by atoms with Crippen LogP contribution in [0.25, 0.3) is 5.13 Å². The fraction of sp³-hybridized carbons (Fsp3) is 0.350. The topological polar surface area (TPSA) is 54.3 Å².